The Balaban J connectivity index is 0. The Labute approximate surface area is 83.1 Å². The molecule has 0 heterocycles. The van der Waals surface area contributed by atoms with Gasteiger partial charge < -0.3 is 5.32 Å². The molecule has 1 amide bonds. The van der Waals surface area contributed by atoms with Crippen LogP contribution in [0.2, 0.25) is 0 Å². The molecule has 0 radical (unpaired) electrons. The highest BCUT2D eigenvalue weighted by molar-refractivity contribution is 5.78. The molecular weight excluding hydrogens is 162 g/mol. The van der Waals surface area contributed by atoms with E-state index in [1.54, 1.807) is 0 Å². The number of unbranched alkanes of at least 4 members (excludes halogenated alkanes) is 1. The minimum absolute atomic E-state index is 0. The summed E-state index contributed by atoms with van der Waals surface area (Å²) in [4.78, 5) is 11.3. The quantitative estimate of drug-likeness (QED) is 0.636. The molecule has 0 bridgehead atoms. The lowest BCUT2D eigenvalue weighted by atomic mass is 10.1. The molecule has 0 aliphatic rings. The van der Waals surface area contributed by atoms with E-state index < -0.39 is 0 Å². The van der Waals surface area contributed by atoms with Crippen LogP contribution in [0, 0.1) is 5.92 Å². The second kappa shape index (κ2) is 9.56. The van der Waals surface area contributed by atoms with Crippen LogP contribution in [0.5, 0.6) is 0 Å². The SMILES string of the molecule is C.CCCCNC(=O)[C@@H](C)CCC. The molecule has 0 saturated heterocycles. The fraction of sp³-hybridized carbons (Fsp3) is 0.909. The summed E-state index contributed by atoms with van der Waals surface area (Å²) < 4.78 is 0. The van der Waals surface area contributed by atoms with Crippen molar-refractivity contribution < 1.29 is 4.79 Å². The first-order valence-electron chi connectivity index (χ1n) is 5.00. The summed E-state index contributed by atoms with van der Waals surface area (Å²) in [5.41, 5.74) is 0. The molecule has 1 atom stereocenters. The van der Waals surface area contributed by atoms with Gasteiger partial charge in [0.1, 0.15) is 0 Å². The minimum Gasteiger partial charge on any atom is -0.356 e. The number of carbonyl (C=O) groups is 1. The maximum Gasteiger partial charge on any atom is 0.222 e. The summed E-state index contributed by atoms with van der Waals surface area (Å²) in [6.07, 6.45) is 4.31. The third-order valence-corrected chi connectivity index (χ3v) is 2.00. The topological polar surface area (TPSA) is 29.1 Å². The Hall–Kier alpha value is -0.530. The van der Waals surface area contributed by atoms with Crippen molar-refractivity contribution in [1.29, 1.82) is 0 Å². The normalized spacial score (nSPS) is 11.6. The molecule has 0 saturated carbocycles. The molecular formula is C11H25NO. The Kier molecular flexibility index (Phi) is 11.0. The first-order chi connectivity index (χ1) is 5.72. The fourth-order valence-electron chi connectivity index (χ4n) is 1.13. The third kappa shape index (κ3) is 7.82. The third-order valence-electron chi connectivity index (χ3n) is 2.00. The van der Waals surface area contributed by atoms with Crippen molar-refractivity contribution in [3.63, 3.8) is 0 Å². The molecule has 0 aromatic rings. The van der Waals surface area contributed by atoms with Gasteiger partial charge in [-0.3, -0.25) is 4.79 Å². The van der Waals surface area contributed by atoms with Gasteiger partial charge in [0.05, 0.1) is 0 Å². The standard InChI is InChI=1S/C10H21NO.CH4/c1-4-6-8-11-10(12)9(3)7-5-2;/h9H,4-8H2,1-3H3,(H,11,12);1H4/t9-;/m0./s1. The van der Waals surface area contributed by atoms with Crippen LogP contribution in [0.4, 0.5) is 0 Å². The number of amides is 1. The van der Waals surface area contributed by atoms with Crippen molar-refractivity contribution >= 4 is 5.91 Å². The largest absolute Gasteiger partial charge is 0.356 e. The van der Waals surface area contributed by atoms with Crippen LogP contribution in [-0.2, 0) is 4.79 Å². The zero-order valence-corrected chi connectivity index (χ0v) is 8.52. The van der Waals surface area contributed by atoms with Crippen LogP contribution in [0.1, 0.15) is 53.9 Å². The van der Waals surface area contributed by atoms with Crippen LogP contribution in [0.3, 0.4) is 0 Å². The van der Waals surface area contributed by atoms with Crippen molar-refractivity contribution in [1.82, 2.24) is 5.32 Å². The summed E-state index contributed by atoms with van der Waals surface area (Å²) in [5, 5.41) is 2.93. The number of rotatable bonds is 6. The van der Waals surface area contributed by atoms with Crippen molar-refractivity contribution in [2.24, 2.45) is 5.92 Å². The van der Waals surface area contributed by atoms with Gasteiger partial charge in [-0.2, -0.15) is 0 Å². The lowest BCUT2D eigenvalue weighted by molar-refractivity contribution is -0.124. The van der Waals surface area contributed by atoms with Gasteiger partial charge >= 0.3 is 0 Å². The Morgan fingerprint density at radius 3 is 2.38 bits per heavy atom. The second-order valence-corrected chi connectivity index (χ2v) is 3.33. The van der Waals surface area contributed by atoms with E-state index in [9.17, 15) is 4.79 Å². The molecule has 0 unspecified atom stereocenters. The van der Waals surface area contributed by atoms with Gasteiger partial charge in [0.2, 0.25) is 5.91 Å². The number of nitrogens with one attached hydrogen (secondary N) is 1. The number of hydrogen-bond acceptors (Lipinski definition) is 1. The molecule has 0 aliphatic heterocycles. The molecule has 0 fully saturated rings. The van der Waals surface area contributed by atoms with Crippen LogP contribution in [0.25, 0.3) is 0 Å². The molecule has 0 aliphatic carbocycles. The van der Waals surface area contributed by atoms with Gasteiger partial charge in [-0.05, 0) is 12.8 Å². The summed E-state index contributed by atoms with van der Waals surface area (Å²) in [7, 11) is 0. The van der Waals surface area contributed by atoms with Gasteiger partial charge in [0, 0.05) is 12.5 Å². The van der Waals surface area contributed by atoms with E-state index >= 15 is 0 Å². The van der Waals surface area contributed by atoms with Gasteiger partial charge in [-0.15, -0.1) is 0 Å². The number of hydrogen-bond donors (Lipinski definition) is 1. The van der Waals surface area contributed by atoms with Gasteiger partial charge in [0.25, 0.3) is 0 Å². The molecule has 0 aromatic heterocycles. The fourth-order valence-corrected chi connectivity index (χ4v) is 1.13. The second-order valence-electron chi connectivity index (χ2n) is 3.33. The zero-order valence-electron chi connectivity index (χ0n) is 8.52. The molecule has 13 heavy (non-hydrogen) atoms. The zero-order chi connectivity index (χ0) is 9.40. The van der Waals surface area contributed by atoms with Gasteiger partial charge in [0.15, 0.2) is 0 Å². The summed E-state index contributed by atoms with van der Waals surface area (Å²) in [6, 6.07) is 0. The number of carbonyl (C=O) groups excluding carboxylic acids is 1. The monoisotopic (exact) mass is 187 g/mol. The first kappa shape index (κ1) is 15.0. The van der Waals surface area contributed by atoms with Crippen LogP contribution in [-0.4, -0.2) is 12.5 Å². The van der Waals surface area contributed by atoms with E-state index in [0.29, 0.717) is 0 Å². The van der Waals surface area contributed by atoms with Crippen LogP contribution < -0.4 is 5.32 Å². The molecule has 2 nitrogen and oxygen atoms in total. The Bertz CT molecular complexity index is 123. The highest BCUT2D eigenvalue weighted by Gasteiger charge is 2.09. The maximum absolute atomic E-state index is 11.3. The molecule has 0 rings (SSSR count). The Morgan fingerprint density at radius 1 is 1.31 bits per heavy atom. The average Bonchev–Trinajstić information content (AvgIpc) is 2.05. The molecule has 0 aromatic carbocycles. The highest BCUT2D eigenvalue weighted by atomic mass is 16.1. The van der Waals surface area contributed by atoms with Crippen molar-refractivity contribution in [2.45, 2.75) is 53.9 Å². The van der Waals surface area contributed by atoms with E-state index in [1.165, 1.54) is 0 Å². The van der Waals surface area contributed by atoms with E-state index in [4.69, 9.17) is 0 Å². The van der Waals surface area contributed by atoms with Crippen molar-refractivity contribution in [3.8, 4) is 0 Å². The molecule has 80 valence electrons. The van der Waals surface area contributed by atoms with Crippen molar-refractivity contribution in [3.05, 3.63) is 0 Å². The van der Waals surface area contributed by atoms with Crippen molar-refractivity contribution in [2.75, 3.05) is 6.54 Å². The van der Waals surface area contributed by atoms with E-state index in [2.05, 4.69) is 19.2 Å². The van der Waals surface area contributed by atoms with E-state index in [-0.39, 0.29) is 19.3 Å². The maximum atomic E-state index is 11.3. The van der Waals surface area contributed by atoms with Crippen LogP contribution >= 0.6 is 0 Å². The lowest BCUT2D eigenvalue weighted by Crippen LogP contribution is -2.29. The molecule has 2 heteroatoms. The average molecular weight is 187 g/mol. The first-order valence-corrected chi connectivity index (χ1v) is 5.00. The minimum atomic E-state index is 0. The predicted octanol–water partition coefficient (Wildman–Crippen LogP) is 2.98. The molecule has 1 N–H and O–H groups in total. The Morgan fingerprint density at radius 2 is 1.92 bits per heavy atom. The van der Waals surface area contributed by atoms with Crippen LogP contribution in [0.15, 0.2) is 0 Å². The lowest BCUT2D eigenvalue weighted by Gasteiger charge is -2.10. The van der Waals surface area contributed by atoms with Gasteiger partial charge in [-0.1, -0.05) is 41.0 Å². The molecule has 0 spiro atoms. The summed E-state index contributed by atoms with van der Waals surface area (Å²) >= 11 is 0. The smallest absolute Gasteiger partial charge is 0.222 e. The van der Waals surface area contributed by atoms with E-state index in [1.807, 2.05) is 6.92 Å². The highest BCUT2D eigenvalue weighted by Crippen LogP contribution is 2.04. The summed E-state index contributed by atoms with van der Waals surface area (Å²) in [6.45, 7) is 7.06. The van der Waals surface area contributed by atoms with E-state index in [0.717, 1.165) is 32.2 Å². The predicted molar refractivity (Wildman–Crippen MR) is 58.7 cm³/mol. The van der Waals surface area contributed by atoms with Gasteiger partial charge in [-0.25, -0.2) is 0 Å². The summed E-state index contributed by atoms with van der Waals surface area (Å²) in [5.74, 6) is 0.400.